The summed E-state index contributed by atoms with van der Waals surface area (Å²) in [6.45, 7) is 9.59. The van der Waals surface area contributed by atoms with Crippen LogP contribution in [0.25, 0.3) is 50.4 Å². The highest BCUT2D eigenvalue weighted by Gasteiger charge is 2.49. The molecule has 0 aliphatic heterocycles. The zero-order chi connectivity index (χ0) is 27.9. The Morgan fingerprint density at radius 3 is 1.68 bits per heavy atom. The van der Waals surface area contributed by atoms with Crippen LogP contribution in [0.2, 0.25) is 0 Å². The third kappa shape index (κ3) is 3.45. The van der Waals surface area contributed by atoms with Gasteiger partial charge >= 0.3 is 0 Å². The number of benzene rings is 4. The van der Waals surface area contributed by atoms with E-state index in [1.807, 2.05) is 22.9 Å². The minimum atomic E-state index is -0.0824. The number of hydrogen-bond acceptors (Lipinski definition) is 2. The van der Waals surface area contributed by atoms with Crippen molar-refractivity contribution in [1.29, 1.82) is 0 Å². The fraction of sp³-hybridized carbons (Fsp3) is 0.158. The molecule has 8 rings (SSSR count). The molecule has 2 aromatic heterocycles. The second-order valence-corrected chi connectivity index (χ2v) is 12.4. The molecule has 0 amide bonds. The summed E-state index contributed by atoms with van der Waals surface area (Å²) in [7, 11) is 0. The van der Waals surface area contributed by atoms with Crippen molar-refractivity contribution in [3.05, 3.63) is 138 Å². The molecule has 0 saturated heterocycles. The quantitative estimate of drug-likeness (QED) is 0.229. The van der Waals surface area contributed by atoms with Gasteiger partial charge in [0.2, 0.25) is 5.78 Å². The van der Waals surface area contributed by atoms with Gasteiger partial charge in [-0.2, -0.15) is 0 Å². The van der Waals surface area contributed by atoms with Crippen LogP contribution in [-0.2, 0) is 10.8 Å². The minimum Gasteiger partial charge on any atom is -0.291 e. The molecule has 0 saturated carbocycles. The molecule has 6 aromatic rings. The van der Waals surface area contributed by atoms with E-state index < -0.39 is 0 Å². The van der Waals surface area contributed by atoms with Crippen LogP contribution in [0.3, 0.4) is 0 Å². The summed E-state index contributed by atoms with van der Waals surface area (Å²) in [4.78, 5) is 9.04. The Morgan fingerprint density at radius 2 is 1.10 bits per heavy atom. The standard InChI is InChI=1S/C38H31N3/c1-37(2)31-21-27(24-9-6-5-7-10-24)15-17-29(31)34-35(37)30-18-16-28(22-32(30)38(34,3)4)25-11-13-26(14-12-25)33-23-41-20-8-19-39-36(41)40-33/h5-23H,1-4H3. The minimum absolute atomic E-state index is 0.0654. The SMILES string of the molecule is CC1(C)C2=C(c3ccc(-c4ccccc4)cc31)C(C)(C)c1cc(-c3ccc(-c4cn5cccnc5n4)cc3)ccc12. The molecule has 0 atom stereocenters. The van der Waals surface area contributed by atoms with E-state index in [0.29, 0.717) is 5.78 Å². The maximum absolute atomic E-state index is 4.68. The monoisotopic (exact) mass is 529 g/mol. The normalized spacial score (nSPS) is 16.1. The van der Waals surface area contributed by atoms with E-state index in [0.717, 1.165) is 11.3 Å². The van der Waals surface area contributed by atoms with Gasteiger partial charge in [-0.3, -0.25) is 4.40 Å². The summed E-state index contributed by atoms with van der Waals surface area (Å²) in [5, 5.41) is 0. The van der Waals surface area contributed by atoms with E-state index in [-0.39, 0.29) is 10.8 Å². The van der Waals surface area contributed by atoms with Crippen molar-refractivity contribution < 1.29 is 0 Å². The van der Waals surface area contributed by atoms with Crippen LogP contribution in [0, 0.1) is 0 Å². The number of rotatable bonds is 3. The topological polar surface area (TPSA) is 30.2 Å². The summed E-state index contributed by atoms with van der Waals surface area (Å²) in [5.41, 5.74) is 15.5. The molecule has 0 N–H and O–H groups in total. The van der Waals surface area contributed by atoms with E-state index in [1.54, 1.807) is 6.20 Å². The van der Waals surface area contributed by atoms with Crippen molar-refractivity contribution in [3.8, 4) is 33.5 Å². The van der Waals surface area contributed by atoms with Crippen LogP contribution >= 0.6 is 0 Å². The van der Waals surface area contributed by atoms with E-state index in [2.05, 4.69) is 129 Å². The first-order valence-electron chi connectivity index (χ1n) is 14.3. The van der Waals surface area contributed by atoms with Crippen LogP contribution in [0.15, 0.2) is 116 Å². The van der Waals surface area contributed by atoms with E-state index in [9.17, 15) is 0 Å². The predicted molar refractivity (Wildman–Crippen MR) is 169 cm³/mol. The van der Waals surface area contributed by atoms with Crippen LogP contribution in [-0.4, -0.2) is 14.4 Å². The zero-order valence-corrected chi connectivity index (χ0v) is 23.8. The Bertz CT molecular complexity index is 1990. The Morgan fingerprint density at radius 1 is 0.561 bits per heavy atom. The average Bonchev–Trinajstić information content (AvgIpc) is 3.61. The lowest BCUT2D eigenvalue weighted by molar-refractivity contribution is 0.694. The average molecular weight is 530 g/mol. The van der Waals surface area contributed by atoms with Crippen molar-refractivity contribution in [2.75, 3.05) is 0 Å². The summed E-state index contributed by atoms with van der Waals surface area (Å²) < 4.78 is 1.96. The molecule has 2 aliphatic carbocycles. The van der Waals surface area contributed by atoms with E-state index in [4.69, 9.17) is 0 Å². The highest BCUT2D eigenvalue weighted by molar-refractivity contribution is 6.10. The summed E-state index contributed by atoms with van der Waals surface area (Å²) in [5.74, 6) is 0.716. The van der Waals surface area contributed by atoms with Gasteiger partial charge in [0.15, 0.2) is 0 Å². The number of nitrogens with zero attached hydrogens (tertiary/aromatic N) is 3. The number of fused-ring (bicyclic) bond motifs is 5. The van der Waals surface area contributed by atoms with Crippen molar-refractivity contribution in [2.45, 2.75) is 38.5 Å². The highest BCUT2D eigenvalue weighted by Crippen LogP contribution is 2.63. The highest BCUT2D eigenvalue weighted by atomic mass is 15.1. The largest absolute Gasteiger partial charge is 0.291 e. The molecule has 41 heavy (non-hydrogen) atoms. The van der Waals surface area contributed by atoms with Crippen molar-refractivity contribution in [1.82, 2.24) is 14.4 Å². The Kier molecular flexibility index (Phi) is 4.92. The molecule has 2 aliphatic rings. The van der Waals surface area contributed by atoms with E-state index >= 15 is 0 Å². The summed E-state index contributed by atoms with van der Waals surface area (Å²) in [6, 6.07) is 35.6. The van der Waals surface area contributed by atoms with Gasteiger partial charge < -0.3 is 0 Å². The van der Waals surface area contributed by atoms with Crippen LogP contribution in [0.5, 0.6) is 0 Å². The van der Waals surface area contributed by atoms with Crippen LogP contribution < -0.4 is 0 Å². The molecule has 0 fully saturated rings. The number of aromatic nitrogens is 3. The molecule has 3 nitrogen and oxygen atoms in total. The third-order valence-electron chi connectivity index (χ3n) is 9.28. The molecule has 0 radical (unpaired) electrons. The molecule has 0 spiro atoms. The lowest BCUT2D eigenvalue weighted by Gasteiger charge is -2.29. The molecule has 0 bridgehead atoms. The van der Waals surface area contributed by atoms with E-state index in [1.165, 1.54) is 55.7 Å². The first-order valence-corrected chi connectivity index (χ1v) is 14.3. The smallest absolute Gasteiger partial charge is 0.234 e. The van der Waals surface area contributed by atoms with Gasteiger partial charge in [0.1, 0.15) is 0 Å². The Balaban J connectivity index is 1.16. The molecule has 4 aromatic carbocycles. The second-order valence-electron chi connectivity index (χ2n) is 12.4. The molecule has 0 unspecified atom stereocenters. The van der Waals surface area contributed by atoms with Gasteiger partial charge in [-0.1, -0.05) is 107 Å². The van der Waals surface area contributed by atoms with Crippen LogP contribution in [0.4, 0.5) is 0 Å². The van der Waals surface area contributed by atoms with Gasteiger partial charge in [0.05, 0.1) is 5.69 Å². The summed E-state index contributed by atoms with van der Waals surface area (Å²) >= 11 is 0. The molecular formula is C38H31N3. The molecule has 2 heterocycles. The van der Waals surface area contributed by atoms with Gasteiger partial charge in [-0.05, 0) is 73.9 Å². The van der Waals surface area contributed by atoms with Crippen molar-refractivity contribution in [2.24, 2.45) is 0 Å². The lowest BCUT2D eigenvalue weighted by atomic mass is 9.74. The second kappa shape index (κ2) is 8.37. The number of hydrogen-bond donors (Lipinski definition) is 0. The molecule has 3 heteroatoms. The van der Waals surface area contributed by atoms with Crippen LogP contribution in [0.1, 0.15) is 49.9 Å². The lowest BCUT2D eigenvalue weighted by Crippen LogP contribution is -2.19. The summed E-state index contributed by atoms with van der Waals surface area (Å²) in [6.07, 6.45) is 5.79. The van der Waals surface area contributed by atoms with Crippen molar-refractivity contribution >= 4 is 16.9 Å². The maximum Gasteiger partial charge on any atom is 0.234 e. The van der Waals surface area contributed by atoms with Gasteiger partial charge in [0.25, 0.3) is 0 Å². The molecule has 198 valence electrons. The predicted octanol–water partition coefficient (Wildman–Crippen LogP) is 9.22. The maximum atomic E-state index is 4.68. The van der Waals surface area contributed by atoms with Gasteiger partial charge in [-0.15, -0.1) is 0 Å². The fourth-order valence-electron chi connectivity index (χ4n) is 7.19. The fourth-order valence-corrected chi connectivity index (χ4v) is 7.19. The van der Waals surface area contributed by atoms with Crippen molar-refractivity contribution in [3.63, 3.8) is 0 Å². The Labute approximate surface area is 240 Å². The first kappa shape index (κ1) is 24.1. The number of imidazole rings is 1. The third-order valence-corrected chi connectivity index (χ3v) is 9.28. The zero-order valence-electron chi connectivity index (χ0n) is 23.8. The molecular weight excluding hydrogens is 498 g/mol. The van der Waals surface area contributed by atoms with Gasteiger partial charge in [-0.25, -0.2) is 9.97 Å². The number of allylic oxidation sites excluding steroid dienone is 2. The Hall–Kier alpha value is -4.76. The van der Waals surface area contributed by atoms with Gasteiger partial charge in [0, 0.05) is 35.0 Å². The first-order chi connectivity index (χ1) is 19.8.